The highest BCUT2D eigenvalue weighted by Crippen LogP contribution is 2.34. The molecule has 2 aromatic rings. The lowest BCUT2D eigenvalue weighted by atomic mass is 10.1. The van der Waals surface area contributed by atoms with E-state index in [4.69, 9.17) is 17.0 Å². The van der Waals surface area contributed by atoms with E-state index in [2.05, 4.69) is 10.6 Å². The number of hydrogen-bond donors (Lipinski definition) is 2. The van der Waals surface area contributed by atoms with Gasteiger partial charge in [-0.05, 0) is 49.3 Å². The molecule has 0 aliphatic carbocycles. The molecule has 0 bridgehead atoms. The van der Waals surface area contributed by atoms with Gasteiger partial charge < -0.3 is 15.4 Å². The average molecular weight is 352 g/mol. The molecule has 0 saturated heterocycles. The number of hydrogen-bond acceptors (Lipinski definition) is 4. The summed E-state index contributed by atoms with van der Waals surface area (Å²) in [5.41, 5.74) is 1.98. The second kappa shape index (κ2) is 7.52. The van der Waals surface area contributed by atoms with E-state index in [-0.39, 0.29) is 10.9 Å². The van der Waals surface area contributed by atoms with Gasteiger partial charge in [-0.25, -0.2) is 9.18 Å². The molecule has 1 heterocycles. The minimum atomic E-state index is -0.401. The topological polar surface area (TPSA) is 50.4 Å². The number of carbonyl (C=O) groups is 1. The van der Waals surface area contributed by atoms with Crippen molar-refractivity contribution >= 4 is 45.3 Å². The van der Waals surface area contributed by atoms with E-state index < -0.39 is 5.97 Å². The normalized spacial score (nSPS) is 10.3. The maximum absolute atomic E-state index is 13.2. The Balaban J connectivity index is 2.22. The number of aryl methyl sites for hydroxylation is 1. The predicted molar refractivity (Wildman–Crippen MR) is 96.0 cm³/mol. The number of methoxy groups -OCH3 is 1. The molecule has 0 unspecified atom stereocenters. The Hall–Kier alpha value is -1.99. The number of halogens is 1. The molecule has 0 aliphatic rings. The predicted octanol–water partition coefficient (Wildman–Crippen LogP) is 4.35. The Bertz CT molecular complexity index is 744. The second-order valence-electron chi connectivity index (χ2n) is 4.78. The summed E-state index contributed by atoms with van der Waals surface area (Å²) in [6.07, 6.45) is 0.721. The monoisotopic (exact) mass is 352 g/mol. The smallest absolute Gasteiger partial charge is 0.341 e. The Morgan fingerprint density at radius 2 is 2.13 bits per heavy atom. The Labute approximate surface area is 143 Å². The summed E-state index contributed by atoms with van der Waals surface area (Å²) in [5, 5.41) is 6.81. The van der Waals surface area contributed by atoms with Crippen LogP contribution in [0, 0.1) is 12.7 Å². The van der Waals surface area contributed by atoms with Gasteiger partial charge in [0.15, 0.2) is 5.11 Å². The number of thiophene rings is 1. The average Bonchev–Trinajstić information content (AvgIpc) is 2.81. The van der Waals surface area contributed by atoms with E-state index in [1.807, 2.05) is 13.8 Å². The van der Waals surface area contributed by atoms with Crippen molar-refractivity contribution in [3.63, 3.8) is 0 Å². The zero-order valence-corrected chi connectivity index (χ0v) is 14.7. The first-order valence-electron chi connectivity index (χ1n) is 7.00. The summed E-state index contributed by atoms with van der Waals surface area (Å²) in [7, 11) is 1.35. The van der Waals surface area contributed by atoms with Gasteiger partial charge in [-0.3, -0.25) is 0 Å². The van der Waals surface area contributed by atoms with E-state index in [0.29, 0.717) is 16.3 Å². The van der Waals surface area contributed by atoms with Crippen LogP contribution in [0.2, 0.25) is 0 Å². The highest BCUT2D eigenvalue weighted by atomic mass is 32.1. The Morgan fingerprint density at radius 3 is 2.74 bits per heavy atom. The fraction of sp³-hybridized carbons (Fsp3) is 0.250. The van der Waals surface area contributed by atoms with Crippen LogP contribution in [0.4, 0.5) is 15.1 Å². The number of rotatable bonds is 4. The third-order valence-corrected chi connectivity index (χ3v) is 4.53. The molecule has 0 fully saturated rings. The zero-order chi connectivity index (χ0) is 17.0. The molecule has 4 nitrogen and oxygen atoms in total. The van der Waals surface area contributed by atoms with E-state index in [9.17, 15) is 9.18 Å². The molecule has 7 heteroatoms. The number of ether oxygens (including phenoxy) is 1. The van der Waals surface area contributed by atoms with Crippen molar-refractivity contribution in [2.45, 2.75) is 20.3 Å². The van der Waals surface area contributed by atoms with Gasteiger partial charge in [-0.15, -0.1) is 11.3 Å². The third kappa shape index (κ3) is 4.05. The van der Waals surface area contributed by atoms with E-state index in [1.54, 1.807) is 12.1 Å². The minimum Gasteiger partial charge on any atom is -0.465 e. The van der Waals surface area contributed by atoms with Crippen molar-refractivity contribution in [2.24, 2.45) is 0 Å². The fourth-order valence-corrected chi connectivity index (χ4v) is 3.66. The molecule has 0 amide bonds. The molecule has 1 aromatic heterocycles. The van der Waals surface area contributed by atoms with Crippen molar-refractivity contribution < 1.29 is 13.9 Å². The molecule has 0 aliphatic heterocycles. The number of benzene rings is 1. The lowest BCUT2D eigenvalue weighted by Gasteiger charge is -2.11. The van der Waals surface area contributed by atoms with Gasteiger partial charge in [0.1, 0.15) is 10.8 Å². The molecule has 2 N–H and O–H groups in total. The minimum absolute atomic E-state index is 0.282. The van der Waals surface area contributed by atoms with Gasteiger partial charge in [0, 0.05) is 10.6 Å². The molecular weight excluding hydrogens is 335 g/mol. The largest absolute Gasteiger partial charge is 0.465 e. The number of esters is 1. The molecule has 122 valence electrons. The lowest BCUT2D eigenvalue weighted by molar-refractivity contribution is 0.0601. The molecule has 23 heavy (non-hydrogen) atoms. The first-order chi connectivity index (χ1) is 11.0. The van der Waals surface area contributed by atoms with Crippen molar-refractivity contribution in [3.05, 3.63) is 46.1 Å². The van der Waals surface area contributed by atoms with Gasteiger partial charge in [-0.1, -0.05) is 13.0 Å². The summed E-state index contributed by atoms with van der Waals surface area (Å²) >= 11 is 6.68. The number of nitrogens with one attached hydrogen (secondary N) is 2. The van der Waals surface area contributed by atoms with E-state index in [1.165, 1.54) is 30.6 Å². The standard InChI is InChI=1S/C16H17FN2O2S2/c1-4-12-9(2)23-14(13(12)15(20)21-3)19-16(22)18-11-7-5-6-10(17)8-11/h5-8H,4H2,1-3H3,(H2,18,19,22). The van der Waals surface area contributed by atoms with Crippen LogP contribution in [0.15, 0.2) is 24.3 Å². The van der Waals surface area contributed by atoms with Gasteiger partial charge in [0.2, 0.25) is 0 Å². The summed E-state index contributed by atoms with van der Waals surface area (Å²) < 4.78 is 18.1. The van der Waals surface area contributed by atoms with E-state index in [0.717, 1.165) is 16.9 Å². The van der Waals surface area contributed by atoms with E-state index >= 15 is 0 Å². The zero-order valence-electron chi connectivity index (χ0n) is 13.0. The number of carbonyl (C=O) groups excluding carboxylic acids is 1. The third-order valence-electron chi connectivity index (χ3n) is 3.26. The van der Waals surface area contributed by atoms with Gasteiger partial charge in [-0.2, -0.15) is 0 Å². The first kappa shape index (κ1) is 17.4. The molecule has 2 rings (SSSR count). The van der Waals surface area contributed by atoms with Crippen molar-refractivity contribution in [2.75, 3.05) is 17.7 Å². The first-order valence-corrected chi connectivity index (χ1v) is 8.22. The maximum atomic E-state index is 13.2. The van der Waals surface area contributed by atoms with Crippen molar-refractivity contribution in [3.8, 4) is 0 Å². The van der Waals surface area contributed by atoms with Gasteiger partial charge >= 0.3 is 5.97 Å². The van der Waals surface area contributed by atoms with Crippen LogP contribution in [-0.2, 0) is 11.2 Å². The quantitative estimate of drug-likeness (QED) is 0.633. The maximum Gasteiger partial charge on any atom is 0.341 e. The number of anilines is 2. The summed E-state index contributed by atoms with van der Waals surface area (Å²) in [6, 6.07) is 5.99. The summed E-state index contributed by atoms with van der Waals surface area (Å²) in [5.74, 6) is -0.754. The van der Waals surface area contributed by atoms with Crippen LogP contribution < -0.4 is 10.6 Å². The lowest BCUT2D eigenvalue weighted by Crippen LogP contribution is -2.20. The summed E-state index contributed by atoms with van der Waals surface area (Å²) in [6.45, 7) is 3.93. The van der Waals surface area contributed by atoms with Crippen molar-refractivity contribution in [1.29, 1.82) is 0 Å². The fourth-order valence-electron chi connectivity index (χ4n) is 2.24. The molecule has 0 spiro atoms. The highest BCUT2D eigenvalue weighted by Gasteiger charge is 2.22. The molecule has 0 saturated carbocycles. The molecule has 1 aromatic carbocycles. The van der Waals surface area contributed by atoms with Crippen LogP contribution in [0.3, 0.4) is 0 Å². The Kier molecular flexibility index (Phi) is 5.68. The van der Waals surface area contributed by atoms with Crippen LogP contribution in [-0.4, -0.2) is 18.2 Å². The summed E-state index contributed by atoms with van der Waals surface area (Å²) in [4.78, 5) is 13.1. The van der Waals surface area contributed by atoms with Gasteiger partial charge in [0.05, 0.1) is 12.7 Å². The second-order valence-corrected chi connectivity index (χ2v) is 6.41. The highest BCUT2D eigenvalue weighted by molar-refractivity contribution is 7.80. The van der Waals surface area contributed by atoms with Crippen LogP contribution in [0.1, 0.15) is 27.7 Å². The molecule has 0 radical (unpaired) electrons. The van der Waals surface area contributed by atoms with Crippen LogP contribution in [0.25, 0.3) is 0 Å². The Morgan fingerprint density at radius 1 is 1.39 bits per heavy atom. The number of thiocarbonyl (C=S) groups is 1. The SMILES string of the molecule is CCc1c(C)sc(NC(=S)Nc2cccc(F)c2)c1C(=O)OC. The van der Waals surface area contributed by atoms with Gasteiger partial charge in [0.25, 0.3) is 0 Å². The van der Waals surface area contributed by atoms with Crippen LogP contribution in [0.5, 0.6) is 0 Å². The molecular formula is C16H17FN2O2S2. The van der Waals surface area contributed by atoms with Crippen LogP contribution >= 0.6 is 23.6 Å². The molecule has 0 atom stereocenters. The van der Waals surface area contributed by atoms with Crippen molar-refractivity contribution in [1.82, 2.24) is 0 Å².